The van der Waals surface area contributed by atoms with E-state index in [0.29, 0.717) is 19.5 Å². The summed E-state index contributed by atoms with van der Waals surface area (Å²) in [5.41, 5.74) is 0. The summed E-state index contributed by atoms with van der Waals surface area (Å²) in [6, 6.07) is 0.0133. The molecule has 1 fully saturated rings. The van der Waals surface area contributed by atoms with E-state index in [9.17, 15) is 13.2 Å². The van der Waals surface area contributed by atoms with Crippen LogP contribution >= 0.6 is 0 Å². The largest absolute Gasteiger partial charge is 0.481 e. The molecule has 1 aliphatic rings. The molecule has 0 aliphatic carbocycles. The molecule has 6 heteroatoms. The van der Waals surface area contributed by atoms with Crippen LogP contribution in [0.5, 0.6) is 0 Å². The topological polar surface area (TPSA) is 74.7 Å². The highest BCUT2D eigenvalue weighted by Crippen LogP contribution is 2.17. The Labute approximate surface area is 90.0 Å². The first-order valence-corrected chi connectivity index (χ1v) is 6.93. The minimum atomic E-state index is -2.88. The molecule has 1 atom stereocenters. The maximum atomic E-state index is 11.3. The Morgan fingerprint density at radius 3 is 2.60 bits per heavy atom. The van der Waals surface area contributed by atoms with Crippen LogP contribution in [0.25, 0.3) is 0 Å². The molecule has 1 N–H and O–H groups in total. The number of aliphatic carboxylic acids is 1. The van der Waals surface area contributed by atoms with Crippen molar-refractivity contribution in [2.75, 3.05) is 24.6 Å². The van der Waals surface area contributed by atoms with Crippen molar-refractivity contribution < 1.29 is 18.3 Å². The third-order valence-corrected chi connectivity index (χ3v) is 4.49. The number of hydrogen-bond acceptors (Lipinski definition) is 4. The summed E-state index contributed by atoms with van der Waals surface area (Å²) >= 11 is 0. The van der Waals surface area contributed by atoms with E-state index in [0.717, 1.165) is 0 Å². The van der Waals surface area contributed by atoms with Crippen LogP contribution in [0.2, 0.25) is 0 Å². The summed E-state index contributed by atoms with van der Waals surface area (Å²) < 4.78 is 22.5. The van der Waals surface area contributed by atoms with Gasteiger partial charge in [-0.1, -0.05) is 6.92 Å². The molecule has 0 radical (unpaired) electrons. The fourth-order valence-corrected chi connectivity index (χ4v) is 3.66. The number of carboxylic acid groups (broad SMARTS) is 1. The maximum absolute atomic E-state index is 11.3. The minimum Gasteiger partial charge on any atom is -0.481 e. The summed E-state index contributed by atoms with van der Waals surface area (Å²) in [7, 11) is -2.88. The average Bonchev–Trinajstić information content (AvgIpc) is 2.47. The smallest absolute Gasteiger partial charge is 0.304 e. The van der Waals surface area contributed by atoms with Gasteiger partial charge in [0.25, 0.3) is 0 Å². The molecule has 5 nitrogen and oxygen atoms in total. The Bertz CT molecular complexity index is 325. The van der Waals surface area contributed by atoms with Gasteiger partial charge in [0.15, 0.2) is 9.84 Å². The lowest BCUT2D eigenvalue weighted by Gasteiger charge is -2.25. The number of hydrogen-bond donors (Lipinski definition) is 1. The van der Waals surface area contributed by atoms with E-state index in [4.69, 9.17) is 5.11 Å². The van der Waals surface area contributed by atoms with E-state index in [1.807, 2.05) is 11.8 Å². The molecule has 0 saturated carbocycles. The molecule has 0 aromatic rings. The van der Waals surface area contributed by atoms with Crippen LogP contribution in [0.4, 0.5) is 0 Å². The summed E-state index contributed by atoms with van der Waals surface area (Å²) in [5, 5.41) is 8.56. The molecule has 0 bridgehead atoms. The molecule has 0 spiro atoms. The molecule has 1 aliphatic heterocycles. The Balaban J connectivity index is 2.49. The average molecular weight is 235 g/mol. The number of nitrogens with zero attached hydrogens (tertiary/aromatic N) is 1. The van der Waals surface area contributed by atoms with Crippen molar-refractivity contribution in [2.24, 2.45) is 0 Å². The number of carboxylic acids is 1. The van der Waals surface area contributed by atoms with E-state index in [-0.39, 0.29) is 24.0 Å². The third kappa shape index (κ3) is 3.79. The predicted octanol–water partition coefficient (Wildman–Crippen LogP) is -0.0299. The standard InChI is InChI=1S/C9H17NO4S/c1-2-10(5-3-9(11)12)8-4-6-15(13,14)7-8/h8H,2-7H2,1H3,(H,11,12). The highest BCUT2D eigenvalue weighted by molar-refractivity contribution is 7.91. The number of sulfone groups is 1. The second-order valence-corrected chi connectivity index (χ2v) is 6.06. The SMILES string of the molecule is CCN(CCC(=O)O)C1CCS(=O)(=O)C1. The van der Waals surface area contributed by atoms with Crippen LogP contribution in [0.1, 0.15) is 19.8 Å². The van der Waals surface area contributed by atoms with Gasteiger partial charge in [-0.15, -0.1) is 0 Å². The molecule has 1 saturated heterocycles. The Morgan fingerprint density at radius 2 is 2.20 bits per heavy atom. The summed E-state index contributed by atoms with van der Waals surface area (Å²) in [4.78, 5) is 12.4. The van der Waals surface area contributed by atoms with Crippen LogP contribution in [0, 0.1) is 0 Å². The van der Waals surface area contributed by atoms with E-state index in [2.05, 4.69) is 0 Å². The van der Waals surface area contributed by atoms with Crippen molar-refractivity contribution in [1.29, 1.82) is 0 Å². The first kappa shape index (κ1) is 12.4. The first-order chi connectivity index (χ1) is 6.94. The van der Waals surface area contributed by atoms with Crippen molar-refractivity contribution in [3.05, 3.63) is 0 Å². The van der Waals surface area contributed by atoms with Crippen molar-refractivity contribution in [2.45, 2.75) is 25.8 Å². The molecule has 1 rings (SSSR count). The second-order valence-electron chi connectivity index (χ2n) is 3.83. The van der Waals surface area contributed by atoms with Gasteiger partial charge in [0.05, 0.1) is 17.9 Å². The van der Waals surface area contributed by atoms with Crippen LogP contribution in [-0.4, -0.2) is 55.0 Å². The molecular weight excluding hydrogens is 218 g/mol. The molecular formula is C9H17NO4S. The third-order valence-electron chi connectivity index (χ3n) is 2.74. The van der Waals surface area contributed by atoms with Gasteiger partial charge < -0.3 is 5.11 Å². The number of rotatable bonds is 5. The van der Waals surface area contributed by atoms with Gasteiger partial charge >= 0.3 is 5.97 Å². The maximum Gasteiger partial charge on any atom is 0.304 e. The molecule has 0 aromatic heterocycles. The van der Waals surface area contributed by atoms with Crippen molar-refractivity contribution in [1.82, 2.24) is 4.90 Å². The Morgan fingerprint density at radius 1 is 1.53 bits per heavy atom. The predicted molar refractivity (Wildman–Crippen MR) is 56.6 cm³/mol. The molecule has 15 heavy (non-hydrogen) atoms. The van der Waals surface area contributed by atoms with Crippen LogP contribution in [0.3, 0.4) is 0 Å². The monoisotopic (exact) mass is 235 g/mol. The van der Waals surface area contributed by atoms with Crippen molar-refractivity contribution in [3.63, 3.8) is 0 Å². The van der Waals surface area contributed by atoms with Crippen molar-refractivity contribution in [3.8, 4) is 0 Å². The lowest BCUT2D eigenvalue weighted by Crippen LogP contribution is -2.37. The van der Waals surface area contributed by atoms with E-state index in [1.54, 1.807) is 0 Å². The van der Waals surface area contributed by atoms with Crippen molar-refractivity contribution >= 4 is 15.8 Å². The highest BCUT2D eigenvalue weighted by atomic mass is 32.2. The van der Waals surface area contributed by atoms with Gasteiger partial charge in [-0.2, -0.15) is 0 Å². The first-order valence-electron chi connectivity index (χ1n) is 5.11. The normalized spacial score (nSPS) is 24.5. The van der Waals surface area contributed by atoms with Crippen LogP contribution in [-0.2, 0) is 14.6 Å². The van der Waals surface area contributed by atoms with E-state index >= 15 is 0 Å². The lowest BCUT2D eigenvalue weighted by molar-refractivity contribution is -0.137. The number of carbonyl (C=O) groups is 1. The zero-order valence-electron chi connectivity index (χ0n) is 8.85. The summed E-state index contributed by atoms with van der Waals surface area (Å²) in [6.45, 7) is 3.06. The lowest BCUT2D eigenvalue weighted by atomic mass is 10.2. The van der Waals surface area contributed by atoms with Gasteiger partial charge in [0.1, 0.15) is 0 Å². The van der Waals surface area contributed by atoms with Crippen LogP contribution in [0.15, 0.2) is 0 Å². The Kier molecular flexibility index (Phi) is 4.10. The Hall–Kier alpha value is -0.620. The zero-order chi connectivity index (χ0) is 11.5. The second kappa shape index (κ2) is 4.94. The van der Waals surface area contributed by atoms with Gasteiger partial charge in [-0.3, -0.25) is 9.69 Å². The highest BCUT2D eigenvalue weighted by Gasteiger charge is 2.31. The molecule has 1 unspecified atom stereocenters. The fraction of sp³-hybridized carbons (Fsp3) is 0.889. The van der Waals surface area contributed by atoms with Gasteiger partial charge in [0, 0.05) is 12.6 Å². The van der Waals surface area contributed by atoms with Crippen LogP contribution < -0.4 is 0 Å². The van der Waals surface area contributed by atoms with Gasteiger partial charge in [0.2, 0.25) is 0 Å². The minimum absolute atomic E-state index is 0.0133. The summed E-state index contributed by atoms with van der Waals surface area (Å²) in [6.07, 6.45) is 0.709. The molecule has 0 aromatic carbocycles. The molecule has 1 heterocycles. The molecule has 88 valence electrons. The molecule has 0 amide bonds. The van der Waals surface area contributed by atoms with E-state index in [1.165, 1.54) is 0 Å². The zero-order valence-corrected chi connectivity index (χ0v) is 9.66. The summed E-state index contributed by atoms with van der Waals surface area (Å²) in [5.74, 6) is -0.420. The van der Waals surface area contributed by atoms with Gasteiger partial charge in [-0.25, -0.2) is 8.42 Å². The van der Waals surface area contributed by atoms with E-state index < -0.39 is 15.8 Å². The fourth-order valence-electron chi connectivity index (χ4n) is 1.90. The van der Waals surface area contributed by atoms with Gasteiger partial charge in [-0.05, 0) is 13.0 Å². The quantitative estimate of drug-likeness (QED) is 0.724.